The van der Waals surface area contributed by atoms with E-state index in [1.54, 1.807) is 36.4 Å². The second-order valence-electron chi connectivity index (χ2n) is 7.79. The van der Waals surface area contributed by atoms with Gasteiger partial charge in [-0.15, -0.1) is 0 Å². The van der Waals surface area contributed by atoms with Crippen molar-refractivity contribution in [3.8, 4) is 0 Å². The molecule has 0 spiro atoms. The maximum absolute atomic E-state index is 13.5. The number of benzene rings is 3. The summed E-state index contributed by atoms with van der Waals surface area (Å²) < 4.78 is 28.1. The van der Waals surface area contributed by atoms with Gasteiger partial charge in [-0.1, -0.05) is 54.1 Å². The number of nitrogens with zero attached hydrogens (tertiary/aromatic N) is 1. The summed E-state index contributed by atoms with van der Waals surface area (Å²) in [5, 5.41) is 2.91. The molecule has 162 valence electrons. The predicted octanol–water partition coefficient (Wildman–Crippen LogP) is 4.68. The van der Waals surface area contributed by atoms with Gasteiger partial charge in [-0.3, -0.25) is 9.10 Å². The monoisotopic (exact) mass is 436 g/mol. The molecule has 3 aromatic carbocycles. The predicted molar refractivity (Wildman–Crippen MR) is 125 cm³/mol. The minimum absolute atomic E-state index is 0.153. The summed E-state index contributed by atoms with van der Waals surface area (Å²) >= 11 is 0. The van der Waals surface area contributed by atoms with E-state index in [0.717, 1.165) is 22.3 Å². The molecule has 0 saturated heterocycles. The van der Waals surface area contributed by atoms with E-state index in [9.17, 15) is 13.2 Å². The Balaban J connectivity index is 1.93. The van der Waals surface area contributed by atoms with Gasteiger partial charge in [-0.25, -0.2) is 8.42 Å². The van der Waals surface area contributed by atoms with Gasteiger partial charge >= 0.3 is 0 Å². The molecule has 3 rings (SSSR count). The summed E-state index contributed by atoms with van der Waals surface area (Å²) in [4.78, 5) is 13.0. The minimum Gasteiger partial charge on any atom is -0.348 e. The van der Waals surface area contributed by atoms with Crippen LogP contribution >= 0.6 is 0 Å². The van der Waals surface area contributed by atoms with Crippen LogP contribution in [-0.2, 0) is 14.8 Å². The van der Waals surface area contributed by atoms with Crippen molar-refractivity contribution in [2.24, 2.45) is 0 Å². The third kappa shape index (κ3) is 5.33. The van der Waals surface area contributed by atoms with Crippen molar-refractivity contribution < 1.29 is 13.2 Å². The normalized spacial score (nSPS) is 12.3. The summed E-state index contributed by atoms with van der Waals surface area (Å²) in [6.45, 7) is 7.35. The molecule has 0 aliphatic rings. The summed E-state index contributed by atoms with van der Waals surface area (Å²) in [7, 11) is -3.92. The summed E-state index contributed by atoms with van der Waals surface area (Å²) in [6.07, 6.45) is 0. The Bertz CT molecular complexity index is 1160. The summed E-state index contributed by atoms with van der Waals surface area (Å²) in [6, 6.07) is 21.4. The van der Waals surface area contributed by atoms with Gasteiger partial charge in [-0.2, -0.15) is 0 Å². The zero-order chi connectivity index (χ0) is 22.6. The van der Waals surface area contributed by atoms with Crippen molar-refractivity contribution in [3.63, 3.8) is 0 Å². The molecule has 6 heteroatoms. The van der Waals surface area contributed by atoms with Gasteiger partial charge in [0.15, 0.2) is 0 Å². The lowest BCUT2D eigenvalue weighted by Crippen LogP contribution is -2.41. The van der Waals surface area contributed by atoms with Gasteiger partial charge in [0.25, 0.3) is 10.0 Å². The summed E-state index contributed by atoms with van der Waals surface area (Å²) in [5.41, 5.74) is 4.39. The molecule has 0 heterocycles. The van der Waals surface area contributed by atoms with Crippen LogP contribution in [0.5, 0.6) is 0 Å². The molecule has 0 radical (unpaired) electrons. The van der Waals surface area contributed by atoms with Crippen LogP contribution in [0.3, 0.4) is 0 Å². The lowest BCUT2D eigenvalue weighted by Gasteiger charge is -2.26. The molecule has 1 N–H and O–H groups in total. The first-order valence-electron chi connectivity index (χ1n) is 10.2. The van der Waals surface area contributed by atoms with E-state index < -0.39 is 10.0 Å². The number of hydrogen-bond acceptors (Lipinski definition) is 3. The van der Waals surface area contributed by atoms with Crippen molar-refractivity contribution in [2.75, 3.05) is 10.8 Å². The number of aryl methyl sites for hydroxylation is 3. The SMILES string of the molecule is Cc1ccc(S(=O)(=O)N(CC(=O)N[C@@H](C)c2ccccc2)c2ccc(C)c(C)c2)cc1. The number of amides is 1. The molecule has 1 amide bonds. The molecule has 0 bridgehead atoms. The van der Waals surface area contributed by atoms with Crippen molar-refractivity contribution in [1.82, 2.24) is 5.32 Å². The van der Waals surface area contributed by atoms with Crippen LogP contribution in [0.4, 0.5) is 5.69 Å². The van der Waals surface area contributed by atoms with Crippen molar-refractivity contribution in [2.45, 2.75) is 38.6 Å². The van der Waals surface area contributed by atoms with Gasteiger partial charge in [0.1, 0.15) is 6.54 Å². The molecule has 0 aliphatic carbocycles. The number of nitrogens with one attached hydrogen (secondary N) is 1. The van der Waals surface area contributed by atoms with Crippen LogP contribution < -0.4 is 9.62 Å². The lowest BCUT2D eigenvalue weighted by molar-refractivity contribution is -0.120. The van der Waals surface area contributed by atoms with E-state index in [0.29, 0.717) is 5.69 Å². The maximum Gasteiger partial charge on any atom is 0.264 e. The number of sulfonamides is 1. The molecule has 3 aromatic rings. The molecule has 0 aromatic heterocycles. The van der Waals surface area contributed by atoms with Crippen LogP contribution in [0.1, 0.15) is 35.2 Å². The first-order chi connectivity index (χ1) is 14.7. The van der Waals surface area contributed by atoms with Crippen LogP contribution in [0, 0.1) is 20.8 Å². The third-order valence-electron chi connectivity index (χ3n) is 5.35. The number of carbonyl (C=O) groups excluding carboxylic acids is 1. The molecular formula is C25H28N2O3S. The second kappa shape index (κ2) is 9.35. The van der Waals surface area contributed by atoms with Crippen LogP contribution in [-0.4, -0.2) is 20.9 Å². The van der Waals surface area contributed by atoms with Gasteiger partial charge in [0.2, 0.25) is 5.91 Å². The fourth-order valence-electron chi connectivity index (χ4n) is 3.28. The zero-order valence-corrected chi connectivity index (χ0v) is 19.1. The molecule has 0 saturated carbocycles. The number of anilines is 1. The highest BCUT2D eigenvalue weighted by Crippen LogP contribution is 2.26. The van der Waals surface area contributed by atoms with E-state index in [1.807, 2.05) is 64.1 Å². The highest BCUT2D eigenvalue weighted by atomic mass is 32.2. The fraction of sp³-hybridized carbons (Fsp3) is 0.240. The Labute approximate surface area is 184 Å². The molecular weight excluding hydrogens is 408 g/mol. The van der Waals surface area contributed by atoms with Gasteiger partial charge in [-0.05, 0) is 68.7 Å². The average Bonchev–Trinajstić information content (AvgIpc) is 2.75. The average molecular weight is 437 g/mol. The first-order valence-corrected chi connectivity index (χ1v) is 11.6. The molecule has 1 atom stereocenters. The third-order valence-corrected chi connectivity index (χ3v) is 7.14. The van der Waals surface area contributed by atoms with E-state index in [4.69, 9.17) is 0 Å². The van der Waals surface area contributed by atoms with Gasteiger partial charge in [0.05, 0.1) is 16.6 Å². The van der Waals surface area contributed by atoms with Gasteiger partial charge < -0.3 is 5.32 Å². The molecule has 5 nitrogen and oxygen atoms in total. The lowest BCUT2D eigenvalue weighted by atomic mass is 10.1. The Morgan fingerprint density at radius 2 is 1.55 bits per heavy atom. The highest BCUT2D eigenvalue weighted by molar-refractivity contribution is 7.92. The zero-order valence-electron chi connectivity index (χ0n) is 18.3. The number of carbonyl (C=O) groups is 1. The van der Waals surface area contributed by atoms with E-state index >= 15 is 0 Å². The van der Waals surface area contributed by atoms with E-state index in [1.165, 1.54) is 4.31 Å². The smallest absolute Gasteiger partial charge is 0.264 e. The van der Waals surface area contributed by atoms with Crippen molar-refractivity contribution >= 4 is 21.6 Å². The van der Waals surface area contributed by atoms with Gasteiger partial charge in [0, 0.05) is 0 Å². The van der Waals surface area contributed by atoms with Crippen LogP contribution in [0.15, 0.2) is 77.7 Å². The highest BCUT2D eigenvalue weighted by Gasteiger charge is 2.28. The standard InChI is InChI=1S/C25H28N2O3S/c1-18-10-14-24(15-11-18)31(29,30)27(23-13-12-19(2)20(3)16-23)17-25(28)26-21(4)22-8-6-5-7-9-22/h5-16,21H,17H2,1-4H3,(H,26,28)/t21-/m0/s1. The van der Waals surface area contributed by atoms with E-state index in [-0.39, 0.29) is 23.4 Å². The topological polar surface area (TPSA) is 66.5 Å². The first kappa shape index (κ1) is 22.6. The van der Waals surface area contributed by atoms with Crippen LogP contribution in [0.25, 0.3) is 0 Å². The maximum atomic E-state index is 13.5. The quantitative estimate of drug-likeness (QED) is 0.585. The van der Waals surface area contributed by atoms with Crippen LogP contribution in [0.2, 0.25) is 0 Å². The largest absolute Gasteiger partial charge is 0.348 e. The minimum atomic E-state index is -3.92. The van der Waals surface area contributed by atoms with E-state index in [2.05, 4.69) is 5.32 Å². The number of rotatable bonds is 7. The Kier molecular flexibility index (Phi) is 6.81. The fourth-order valence-corrected chi connectivity index (χ4v) is 4.69. The summed E-state index contributed by atoms with van der Waals surface area (Å²) in [5.74, 6) is -0.370. The Morgan fingerprint density at radius 3 is 2.16 bits per heavy atom. The van der Waals surface area contributed by atoms with Crippen molar-refractivity contribution in [3.05, 3.63) is 95.1 Å². The molecule has 0 unspecified atom stereocenters. The second-order valence-corrected chi connectivity index (χ2v) is 9.66. The Morgan fingerprint density at radius 1 is 0.903 bits per heavy atom. The molecule has 0 aliphatic heterocycles. The Hall–Kier alpha value is -3.12. The molecule has 31 heavy (non-hydrogen) atoms. The number of hydrogen-bond donors (Lipinski definition) is 1. The molecule has 0 fully saturated rings. The van der Waals surface area contributed by atoms with Crippen molar-refractivity contribution in [1.29, 1.82) is 0 Å².